The molecule has 2 heterocycles. The van der Waals surface area contributed by atoms with E-state index in [0.717, 1.165) is 0 Å². The highest BCUT2D eigenvalue weighted by molar-refractivity contribution is 6.34. The minimum absolute atomic E-state index is 0.133. The Balaban J connectivity index is 2.45. The van der Waals surface area contributed by atoms with Gasteiger partial charge in [-0.3, -0.25) is 14.5 Å². The molecular weight excluding hydrogens is 226 g/mol. The second-order valence-electron chi connectivity index (χ2n) is 3.22. The van der Waals surface area contributed by atoms with E-state index in [1.807, 2.05) is 6.92 Å². The number of hydrogen-bond donors (Lipinski definition) is 0. The Kier molecular flexibility index (Phi) is 3.01. The fourth-order valence-corrected chi connectivity index (χ4v) is 1.70. The first kappa shape index (κ1) is 10.8. The molecule has 82 valence electrons. The van der Waals surface area contributed by atoms with E-state index in [9.17, 15) is 4.79 Å². The first-order valence-electron chi connectivity index (χ1n) is 4.90. The number of carbonyl (C=O) groups excluding carboxylic acids is 1. The summed E-state index contributed by atoms with van der Waals surface area (Å²) in [5.74, 6) is -0.133. The minimum atomic E-state index is -0.133. The lowest BCUT2D eigenvalue weighted by Crippen LogP contribution is -2.11. The molecule has 0 saturated heterocycles. The third-order valence-electron chi connectivity index (χ3n) is 2.25. The number of aromatic nitrogens is 3. The van der Waals surface area contributed by atoms with Crippen LogP contribution in [-0.4, -0.2) is 20.5 Å². The summed E-state index contributed by atoms with van der Waals surface area (Å²) in [5, 5.41) is 4.41. The van der Waals surface area contributed by atoms with Crippen LogP contribution in [0.5, 0.6) is 0 Å². The molecule has 0 aromatic carbocycles. The van der Waals surface area contributed by atoms with Gasteiger partial charge < -0.3 is 0 Å². The van der Waals surface area contributed by atoms with Crippen LogP contribution < -0.4 is 0 Å². The van der Waals surface area contributed by atoms with Crippen molar-refractivity contribution in [3.05, 3.63) is 47.0 Å². The fourth-order valence-electron chi connectivity index (χ4n) is 1.47. The quantitative estimate of drug-likeness (QED) is 0.767. The normalized spacial score (nSPS) is 10.4. The third kappa shape index (κ3) is 1.84. The van der Waals surface area contributed by atoms with E-state index in [2.05, 4.69) is 10.1 Å². The van der Waals surface area contributed by atoms with E-state index in [-0.39, 0.29) is 5.78 Å². The van der Waals surface area contributed by atoms with Gasteiger partial charge in [-0.05, 0) is 19.1 Å². The van der Waals surface area contributed by atoms with Crippen molar-refractivity contribution in [2.45, 2.75) is 13.5 Å². The second-order valence-corrected chi connectivity index (χ2v) is 3.63. The molecule has 0 aliphatic heterocycles. The van der Waals surface area contributed by atoms with Crippen LogP contribution in [0.25, 0.3) is 0 Å². The van der Waals surface area contributed by atoms with E-state index >= 15 is 0 Å². The van der Waals surface area contributed by atoms with Gasteiger partial charge in [-0.15, -0.1) is 0 Å². The third-order valence-corrected chi connectivity index (χ3v) is 2.53. The Bertz CT molecular complexity index is 507. The smallest absolute Gasteiger partial charge is 0.212 e. The van der Waals surface area contributed by atoms with E-state index in [4.69, 9.17) is 11.6 Å². The summed E-state index contributed by atoms with van der Waals surface area (Å²) in [4.78, 5) is 16.0. The molecule has 16 heavy (non-hydrogen) atoms. The highest BCUT2D eigenvalue weighted by atomic mass is 35.5. The summed E-state index contributed by atoms with van der Waals surface area (Å²) < 4.78 is 1.59. The summed E-state index contributed by atoms with van der Waals surface area (Å²) in [6.45, 7) is 2.52. The molecule has 0 spiro atoms. The lowest BCUT2D eigenvalue weighted by atomic mass is 10.1. The predicted molar refractivity (Wildman–Crippen MR) is 60.6 cm³/mol. The van der Waals surface area contributed by atoms with Gasteiger partial charge in [0.1, 0.15) is 5.69 Å². The molecule has 0 bridgehead atoms. The van der Waals surface area contributed by atoms with E-state index < -0.39 is 0 Å². The molecule has 2 aromatic rings. The van der Waals surface area contributed by atoms with E-state index in [1.54, 1.807) is 29.2 Å². The van der Waals surface area contributed by atoms with Crippen LogP contribution in [-0.2, 0) is 6.54 Å². The maximum absolute atomic E-state index is 12.1. The first-order chi connectivity index (χ1) is 7.74. The molecule has 0 atom stereocenters. The number of nitrogens with zero attached hydrogens (tertiary/aromatic N) is 3. The standard InChI is InChI=1S/C11H10ClN3O/c1-2-15-10(9(12)7-14-15)11(16)8-3-5-13-6-4-8/h3-7H,2H2,1H3. The van der Waals surface area contributed by atoms with Crippen molar-refractivity contribution in [1.29, 1.82) is 0 Å². The van der Waals surface area contributed by atoms with Crippen LogP contribution in [0.2, 0.25) is 5.02 Å². The lowest BCUT2D eigenvalue weighted by Gasteiger charge is -2.04. The molecule has 0 radical (unpaired) electrons. The van der Waals surface area contributed by atoms with Crippen molar-refractivity contribution < 1.29 is 4.79 Å². The average Bonchev–Trinajstić information content (AvgIpc) is 2.70. The van der Waals surface area contributed by atoms with Crippen LogP contribution >= 0.6 is 11.6 Å². The van der Waals surface area contributed by atoms with Gasteiger partial charge in [0.2, 0.25) is 5.78 Å². The van der Waals surface area contributed by atoms with Gasteiger partial charge in [-0.2, -0.15) is 5.10 Å². The highest BCUT2D eigenvalue weighted by Gasteiger charge is 2.18. The van der Waals surface area contributed by atoms with Crippen LogP contribution in [0, 0.1) is 0 Å². The summed E-state index contributed by atoms with van der Waals surface area (Å²) in [7, 11) is 0. The monoisotopic (exact) mass is 235 g/mol. The van der Waals surface area contributed by atoms with Gasteiger partial charge in [0.15, 0.2) is 0 Å². The number of carbonyl (C=O) groups is 1. The molecule has 0 N–H and O–H groups in total. The summed E-state index contributed by atoms with van der Waals surface area (Å²) in [5.41, 5.74) is 0.988. The molecule has 0 amide bonds. The molecule has 0 fully saturated rings. The van der Waals surface area contributed by atoms with Crippen molar-refractivity contribution >= 4 is 17.4 Å². The number of hydrogen-bond acceptors (Lipinski definition) is 3. The Hall–Kier alpha value is -1.68. The number of pyridine rings is 1. The Morgan fingerprint density at radius 2 is 2.12 bits per heavy atom. The van der Waals surface area contributed by atoms with Gasteiger partial charge >= 0.3 is 0 Å². The van der Waals surface area contributed by atoms with Crippen molar-refractivity contribution in [1.82, 2.24) is 14.8 Å². The largest absolute Gasteiger partial charge is 0.287 e. The van der Waals surface area contributed by atoms with Gasteiger partial charge in [-0.1, -0.05) is 11.6 Å². The zero-order chi connectivity index (χ0) is 11.5. The van der Waals surface area contributed by atoms with Gasteiger partial charge in [0.25, 0.3) is 0 Å². The molecular formula is C11H10ClN3O. The van der Waals surface area contributed by atoms with Crippen molar-refractivity contribution in [2.75, 3.05) is 0 Å². The van der Waals surface area contributed by atoms with Gasteiger partial charge in [-0.25, -0.2) is 0 Å². The Labute approximate surface area is 97.9 Å². The number of halogens is 1. The molecule has 5 heteroatoms. The zero-order valence-electron chi connectivity index (χ0n) is 8.72. The number of ketones is 1. The molecule has 0 aliphatic carbocycles. The van der Waals surface area contributed by atoms with Crippen LogP contribution in [0.3, 0.4) is 0 Å². The van der Waals surface area contributed by atoms with Crippen molar-refractivity contribution in [3.8, 4) is 0 Å². The number of rotatable bonds is 3. The van der Waals surface area contributed by atoms with Crippen LogP contribution in [0.15, 0.2) is 30.7 Å². The maximum atomic E-state index is 12.1. The molecule has 0 unspecified atom stereocenters. The maximum Gasteiger partial charge on any atom is 0.212 e. The van der Waals surface area contributed by atoms with Crippen LogP contribution in [0.1, 0.15) is 23.0 Å². The molecule has 2 aromatic heterocycles. The van der Waals surface area contributed by atoms with Crippen molar-refractivity contribution in [3.63, 3.8) is 0 Å². The summed E-state index contributed by atoms with van der Waals surface area (Å²) in [6, 6.07) is 3.32. The summed E-state index contributed by atoms with van der Waals surface area (Å²) >= 11 is 5.95. The second kappa shape index (κ2) is 4.45. The highest BCUT2D eigenvalue weighted by Crippen LogP contribution is 2.18. The zero-order valence-corrected chi connectivity index (χ0v) is 9.48. The topological polar surface area (TPSA) is 47.8 Å². The van der Waals surface area contributed by atoms with Gasteiger partial charge in [0.05, 0.1) is 11.2 Å². The SMILES string of the molecule is CCn1ncc(Cl)c1C(=O)c1ccncc1. The Morgan fingerprint density at radius 3 is 2.75 bits per heavy atom. The molecule has 4 nitrogen and oxygen atoms in total. The lowest BCUT2D eigenvalue weighted by molar-refractivity contribution is 0.102. The average molecular weight is 236 g/mol. The predicted octanol–water partition coefficient (Wildman–Crippen LogP) is 2.18. The van der Waals surface area contributed by atoms with Crippen molar-refractivity contribution in [2.24, 2.45) is 0 Å². The summed E-state index contributed by atoms with van der Waals surface area (Å²) in [6.07, 6.45) is 4.64. The van der Waals surface area contributed by atoms with Crippen LogP contribution in [0.4, 0.5) is 0 Å². The van der Waals surface area contributed by atoms with Gasteiger partial charge in [0, 0.05) is 24.5 Å². The number of aryl methyl sites for hydroxylation is 1. The fraction of sp³-hybridized carbons (Fsp3) is 0.182. The van der Waals surface area contributed by atoms with E-state index in [0.29, 0.717) is 22.8 Å². The van der Waals surface area contributed by atoms with E-state index in [1.165, 1.54) is 6.20 Å². The molecule has 0 saturated carbocycles. The Morgan fingerprint density at radius 1 is 1.44 bits per heavy atom. The molecule has 2 rings (SSSR count). The first-order valence-corrected chi connectivity index (χ1v) is 5.28. The molecule has 0 aliphatic rings. The minimum Gasteiger partial charge on any atom is -0.287 e.